The minimum Gasteiger partial charge on any atom is -0.494 e. The fraction of sp³-hybridized carbons (Fsp3) is 0.417. The maximum atomic E-state index is 13.2. The predicted octanol–water partition coefficient (Wildman–Crippen LogP) is 6.14. The molecular weight excluding hydrogens is 471 g/mol. The normalized spacial score (nSPS) is 11.8. The average molecular weight is 500 g/mol. The SMILES string of the molecule is CC[C@@H](C(=O)NC(C)C)N(Cc1ccc(Cl)c(Cl)c1)C(=O)CCCOc1ccc(Cl)cc1. The van der Waals surface area contributed by atoms with E-state index >= 15 is 0 Å². The van der Waals surface area contributed by atoms with Gasteiger partial charge in [-0.1, -0.05) is 47.8 Å². The van der Waals surface area contributed by atoms with Crippen LogP contribution < -0.4 is 10.1 Å². The summed E-state index contributed by atoms with van der Waals surface area (Å²) in [6, 6.07) is 11.7. The van der Waals surface area contributed by atoms with Gasteiger partial charge in [-0.3, -0.25) is 9.59 Å². The third-order valence-corrected chi connectivity index (χ3v) is 5.76. The zero-order valence-corrected chi connectivity index (χ0v) is 20.8. The van der Waals surface area contributed by atoms with Crippen LogP contribution in [0.5, 0.6) is 5.75 Å². The largest absolute Gasteiger partial charge is 0.494 e. The van der Waals surface area contributed by atoms with E-state index in [1.807, 2.05) is 26.8 Å². The Labute approximate surface area is 205 Å². The number of rotatable bonds is 11. The van der Waals surface area contributed by atoms with E-state index in [1.54, 1.807) is 41.3 Å². The first-order chi connectivity index (χ1) is 15.2. The van der Waals surface area contributed by atoms with Crippen LogP contribution in [0.2, 0.25) is 15.1 Å². The highest BCUT2D eigenvalue weighted by Crippen LogP contribution is 2.24. The molecule has 2 aromatic rings. The molecule has 5 nitrogen and oxygen atoms in total. The summed E-state index contributed by atoms with van der Waals surface area (Å²) < 4.78 is 5.68. The standard InChI is InChI=1S/C24H29Cl3N2O3/c1-4-22(24(31)28-16(2)3)29(15-17-7-12-20(26)21(27)14-17)23(30)6-5-13-32-19-10-8-18(25)9-11-19/h7-12,14,16,22H,4-6,13,15H2,1-3H3,(H,28,31)/t22-/m0/s1. The quantitative estimate of drug-likeness (QED) is 0.378. The predicted molar refractivity (Wildman–Crippen MR) is 131 cm³/mol. The second kappa shape index (κ2) is 12.9. The van der Waals surface area contributed by atoms with Gasteiger partial charge in [-0.2, -0.15) is 0 Å². The first-order valence-corrected chi connectivity index (χ1v) is 11.8. The summed E-state index contributed by atoms with van der Waals surface area (Å²) in [6.07, 6.45) is 1.26. The van der Waals surface area contributed by atoms with Gasteiger partial charge >= 0.3 is 0 Å². The molecule has 0 heterocycles. The average Bonchev–Trinajstić information content (AvgIpc) is 2.74. The van der Waals surface area contributed by atoms with Crippen LogP contribution in [0, 0.1) is 0 Å². The first-order valence-electron chi connectivity index (χ1n) is 10.6. The van der Waals surface area contributed by atoms with Gasteiger partial charge in [0.05, 0.1) is 16.7 Å². The Morgan fingerprint density at radius 2 is 1.72 bits per heavy atom. The summed E-state index contributed by atoms with van der Waals surface area (Å²) in [5, 5.41) is 4.40. The molecule has 2 amide bonds. The molecule has 0 aliphatic rings. The van der Waals surface area contributed by atoms with E-state index in [2.05, 4.69) is 5.32 Å². The lowest BCUT2D eigenvalue weighted by molar-refractivity contribution is -0.141. The molecule has 0 spiro atoms. The minimum absolute atomic E-state index is 0.0220. The van der Waals surface area contributed by atoms with Gasteiger partial charge in [0.1, 0.15) is 11.8 Å². The number of hydrogen-bond acceptors (Lipinski definition) is 3. The third kappa shape index (κ3) is 8.19. The molecule has 0 fully saturated rings. The van der Waals surface area contributed by atoms with Gasteiger partial charge in [0.15, 0.2) is 0 Å². The molecule has 0 bridgehead atoms. The molecule has 8 heteroatoms. The summed E-state index contributed by atoms with van der Waals surface area (Å²) in [5.41, 5.74) is 0.806. The maximum absolute atomic E-state index is 13.2. The number of nitrogens with zero attached hydrogens (tertiary/aromatic N) is 1. The van der Waals surface area contributed by atoms with Gasteiger partial charge in [-0.05, 0) is 68.7 Å². The van der Waals surface area contributed by atoms with Crippen LogP contribution in [-0.2, 0) is 16.1 Å². The van der Waals surface area contributed by atoms with Crippen molar-refractivity contribution in [3.8, 4) is 5.75 Å². The topological polar surface area (TPSA) is 58.6 Å². The minimum atomic E-state index is -0.587. The Bertz CT molecular complexity index is 904. The Morgan fingerprint density at radius 3 is 2.31 bits per heavy atom. The monoisotopic (exact) mass is 498 g/mol. The number of halogens is 3. The van der Waals surface area contributed by atoms with Gasteiger partial charge < -0.3 is 15.0 Å². The van der Waals surface area contributed by atoms with E-state index in [9.17, 15) is 9.59 Å². The van der Waals surface area contributed by atoms with E-state index in [0.717, 1.165) is 5.56 Å². The number of ether oxygens (including phenoxy) is 1. The maximum Gasteiger partial charge on any atom is 0.243 e. The molecule has 1 atom stereocenters. The second-order valence-corrected chi connectivity index (χ2v) is 9.01. The van der Waals surface area contributed by atoms with E-state index < -0.39 is 6.04 Å². The molecule has 0 aromatic heterocycles. The van der Waals surface area contributed by atoms with Crippen molar-refractivity contribution in [2.24, 2.45) is 0 Å². The van der Waals surface area contributed by atoms with Crippen LogP contribution in [0.3, 0.4) is 0 Å². The van der Waals surface area contributed by atoms with Gasteiger partial charge in [0.25, 0.3) is 0 Å². The van der Waals surface area contributed by atoms with Crippen molar-refractivity contribution < 1.29 is 14.3 Å². The number of carbonyl (C=O) groups excluding carboxylic acids is 2. The van der Waals surface area contributed by atoms with Crippen LogP contribution in [-0.4, -0.2) is 35.4 Å². The van der Waals surface area contributed by atoms with Crippen LogP contribution in [0.4, 0.5) is 0 Å². The van der Waals surface area contributed by atoms with Crippen LogP contribution in [0.1, 0.15) is 45.6 Å². The second-order valence-electron chi connectivity index (χ2n) is 7.76. The molecule has 0 saturated heterocycles. The highest BCUT2D eigenvalue weighted by Gasteiger charge is 2.28. The van der Waals surface area contributed by atoms with E-state index in [-0.39, 0.29) is 30.8 Å². The van der Waals surface area contributed by atoms with Crippen LogP contribution in [0.15, 0.2) is 42.5 Å². The smallest absolute Gasteiger partial charge is 0.243 e. The Kier molecular flexibility index (Phi) is 10.6. The van der Waals surface area contributed by atoms with Crippen molar-refractivity contribution in [1.29, 1.82) is 0 Å². The lowest BCUT2D eigenvalue weighted by atomic mass is 10.1. The lowest BCUT2D eigenvalue weighted by Crippen LogP contribution is -2.50. The zero-order chi connectivity index (χ0) is 23.7. The number of amides is 2. The lowest BCUT2D eigenvalue weighted by Gasteiger charge is -2.31. The fourth-order valence-corrected chi connectivity index (χ4v) is 3.67. The van der Waals surface area contributed by atoms with Gasteiger partial charge in [-0.15, -0.1) is 0 Å². The first kappa shape index (κ1) is 26.3. The number of benzene rings is 2. The molecule has 174 valence electrons. The van der Waals surface area contributed by atoms with Crippen molar-refractivity contribution >= 4 is 46.6 Å². The molecule has 0 radical (unpaired) electrons. The van der Waals surface area contributed by atoms with Gasteiger partial charge in [-0.25, -0.2) is 0 Å². The number of carbonyl (C=O) groups is 2. The van der Waals surface area contributed by atoms with Gasteiger partial charge in [0, 0.05) is 24.0 Å². The van der Waals surface area contributed by atoms with E-state index in [1.165, 1.54) is 0 Å². The molecule has 0 aliphatic carbocycles. The summed E-state index contributed by atoms with van der Waals surface area (Å²) in [7, 11) is 0. The Morgan fingerprint density at radius 1 is 1.03 bits per heavy atom. The van der Waals surface area contributed by atoms with Crippen molar-refractivity contribution in [1.82, 2.24) is 10.2 Å². The number of hydrogen-bond donors (Lipinski definition) is 1. The summed E-state index contributed by atoms with van der Waals surface area (Å²) in [5.74, 6) is 0.395. The molecule has 32 heavy (non-hydrogen) atoms. The van der Waals surface area contributed by atoms with Crippen molar-refractivity contribution in [3.63, 3.8) is 0 Å². The van der Waals surface area contributed by atoms with Crippen molar-refractivity contribution in [3.05, 3.63) is 63.1 Å². The highest BCUT2D eigenvalue weighted by atomic mass is 35.5. The molecule has 2 aromatic carbocycles. The molecule has 0 saturated carbocycles. The van der Waals surface area contributed by atoms with Crippen LogP contribution in [0.25, 0.3) is 0 Å². The molecule has 0 aliphatic heterocycles. The molecule has 0 unspecified atom stereocenters. The number of nitrogens with one attached hydrogen (secondary N) is 1. The summed E-state index contributed by atoms with van der Waals surface area (Å²) >= 11 is 18.1. The summed E-state index contributed by atoms with van der Waals surface area (Å²) in [6.45, 7) is 6.32. The molecular formula is C24H29Cl3N2O3. The van der Waals surface area contributed by atoms with Gasteiger partial charge in [0.2, 0.25) is 11.8 Å². The fourth-order valence-electron chi connectivity index (χ4n) is 3.22. The Hall–Kier alpha value is -1.95. The van der Waals surface area contributed by atoms with E-state index in [0.29, 0.717) is 40.3 Å². The molecule has 1 N–H and O–H groups in total. The van der Waals surface area contributed by atoms with Crippen LogP contribution >= 0.6 is 34.8 Å². The Balaban J connectivity index is 2.08. The summed E-state index contributed by atoms with van der Waals surface area (Å²) in [4.78, 5) is 27.6. The van der Waals surface area contributed by atoms with Crippen molar-refractivity contribution in [2.45, 2.75) is 58.7 Å². The van der Waals surface area contributed by atoms with E-state index in [4.69, 9.17) is 39.5 Å². The van der Waals surface area contributed by atoms with Crippen molar-refractivity contribution in [2.75, 3.05) is 6.61 Å². The highest BCUT2D eigenvalue weighted by molar-refractivity contribution is 6.42. The zero-order valence-electron chi connectivity index (χ0n) is 18.5. The molecule has 2 rings (SSSR count). The third-order valence-electron chi connectivity index (χ3n) is 4.77.